The van der Waals surface area contributed by atoms with Crippen molar-refractivity contribution in [2.75, 3.05) is 17.7 Å². The highest BCUT2D eigenvalue weighted by molar-refractivity contribution is 5.80. The Kier molecular flexibility index (Phi) is 7.91. The molecule has 0 aliphatic rings. The van der Waals surface area contributed by atoms with E-state index in [4.69, 9.17) is 5.73 Å². The van der Waals surface area contributed by atoms with E-state index in [9.17, 15) is 8.78 Å². The van der Waals surface area contributed by atoms with Gasteiger partial charge in [0.15, 0.2) is 0 Å². The SMILES string of the molecule is C=C(C(=C)c1ccnn1-c1ccccc1)/C(C)=C\N(C)c1cc(F)c(N)cc1F.CC. The number of allylic oxidation sites excluding steroid dienone is 3. The summed E-state index contributed by atoms with van der Waals surface area (Å²) in [5, 5.41) is 4.37. The Labute approximate surface area is 182 Å². The maximum Gasteiger partial charge on any atom is 0.149 e. The molecule has 4 nitrogen and oxygen atoms in total. The van der Waals surface area contributed by atoms with E-state index in [0.717, 1.165) is 29.1 Å². The molecule has 0 amide bonds. The predicted molar refractivity (Wildman–Crippen MR) is 126 cm³/mol. The van der Waals surface area contributed by atoms with Gasteiger partial charge in [-0.05, 0) is 36.3 Å². The van der Waals surface area contributed by atoms with Crippen LogP contribution in [-0.4, -0.2) is 16.8 Å². The quantitative estimate of drug-likeness (QED) is 0.371. The lowest BCUT2D eigenvalue weighted by molar-refractivity contribution is 0.604. The lowest BCUT2D eigenvalue weighted by Gasteiger charge is -2.19. The van der Waals surface area contributed by atoms with Crippen LogP contribution in [0.4, 0.5) is 20.2 Å². The first-order valence-corrected chi connectivity index (χ1v) is 9.93. The van der Waals surface area contributed by atoms with Crippen LogP contribution in [0.25, 0.3) is 11.3 Å². The molecule has 0 aliphatic heterocycles. The smallest absolute Gasteiger partial charge is 0.149 e. The molecule has 1 aromatic heterocycles. The van der Waals surface area contributed by atoms with Crippen molar-refractivity contribution in [2.24, 2.45) is 0 Å². The molecule has 3 aromatic rings. The minimum absolute atomic E-state index is 0.0730. The van der Waals surface area contributed by atoms with Gasteiger partial charge in [0.2, 0.25) is 0 Å². The number of nitrogens with zero attached hydrogens (tertiary/aromatic N) is 3. The fourth-order valence-electron chi connectivity index (χ4n) is 2.96. The van der Waals surface area contributed by atoms with Gasteiger partial charge < -0.3 is 10.6 Å². The third kappa shape index (κ3) is 5.28. The number of nitrogen functional groups attached to an aromatic ring is 1. The van der Waals surface area contributed by atoms with Crippen LogP contribution in [-0.2, 0) is 0 Å². The summed E-state index contributed by atoms with van der Waals surface area (Å²) in [4.78, 5) is 1.49. The standard InChI is InChI=1S/C23H22F2N4.C2H6/c1-15(14-28(4)23-13-19(24)21(26)12-20(23)25)16(2)17(3)22-10-11-27-29(22)18-8-6-5-7-9-18;1-2/h5-14H,2-3,26H2,1,4H3;1-2H3/b15-14-;. The first kappa shape index (κ1) is 23.6. The van der Waals surface area contributed by atoms with Crippen molar-refractivity contribution < 1.29 is 8.78 Å². The second-order valence-electron chi connectivity index (χ2n) is 6.67. The van der Waals surface area contributed by atoms with Gasteiger partial charge in [-0.2, -0.15) is 5.10 Å². The summed E-state index contributed by atoms with van der Waals surface area (Å²) in [5.41, 5.74) is 9.03. The number of rotatable bonds is 6. The van der Waals surface area contributed by atoms with Gasteiger partial charge in [0.1, 0.15) is 11.6 Å². The van der Waals surface area contributed by atoms with Crippen molar-refractivity contribution in [2.45, 2.75) is 20.8 Å². The Morgan fingerprint density at radius 2 is 1.71 bits per heavy atom. The average molecular weight is 423 g/mol. The number of halogens is 2. The molecule has 1 heterocycles. The number of anilines is 2. The topological polar surface area (TPSA) is 47.1 Å². The van der Waals surface area contributed by atoms with E-state index >= 15 is 0 Å². The van der Waals surface area contributed by atoms with Crippen LogP contribution < -0.4 is 10.6 Å². The van der Waals surface area contributed by atoms with Crippen LogP contribution in [0.3, 0.4) is 0 Å². The van der Waals surface area contributed by atoms with E-state index in [2.05, 4.69) is 18.3 Å². The third-order valence-corrected chi connectivity index (χ3v) is 4.63. The molecule has 0 saturated carbocycles. The van der Waals surface area contributed by atoms with Crippen molar-refractivity contribution in [3.05, 3.63) is 103 Å². The van der Waals surface area contributed by atoms with Crippen LogP contribution in [0.5, 0.6) is 0 Å². The molecular weight excluding hydrogens is 394 g/mol. The van der Waals surface area contributed by atoms with Crippen molar-refractivity contribution in [3.8, 4) is 5.69 Å². The zero-order valence-electron chi connectivity index (χ0n) is 18.4. The molecule has 0 bridgehead atoms. The summed E-state index contributed by atoms with van der Waals surface area (Å²) in [6, 6.07) is 13.6. The number of benzene rings is 2. The summed E-state index contributed by atoms with van der Waals surface area (Å²) in [7, 11) is 1.63. The predicted octanol–water partition coefficient (Wildman–Crippen LogP) is 6.37. The Morgan fingerprint density at radius 3 is 2.35 bits per heavy atom. The molecule has 0 radical (unpaired) electrons. The van der Waals surface area contributed by atoms with Gasteiger partial charge in [-0.3, -0.25) is 0 Å². The summed E-state index contributed by atoms with van der Waals surface area (Å²) in [5.74, 6) is -1.28. The maximum absolute atomic E-state index is 14.2. The second-order valence-corrected chi connectivity index (χ2v) is 6.67. The van der Waals surface area contributed by atoms with E-state index in [1.807, 2.05) is 57.2 Å². The summed E-state index contributed by atoms with van der Waals surface area (Å²) in [6.45, 7) is 14.1. The van der Waals surface area contributed by atoms with E-state index < -0.39 is 11.6 Å². The van der Waals surface area contributed by atoms with Gasteiger partial charge in [0.25, 0.3) is 0 Å². The lowest BCUT2D eigenvalue weighted by Crippen LogP contribution is -2.12. The van der Waals surface area contributed by atoms with Gasteiger partial charge in [0, 0.05) is 31.0 Å². The summed E-state index contributed by atoms with van der Waals surface area (Å²) >= 11 is 0. The number of hydrogen-bond acceptors (Lipinski definition) is 3. The highest BCUT2D eigenvalue weighted by Crippen LogP contribution is 2.29. The number of para-hydroxylation sites is 1. The Hall–Kier alpha value is -3.67. The molecule has 0 unspecified atom stereocenters. The fourth-order valence-corrected chi connectivity index (χ4v) is 2.96. The first-order chi connectivity index (χ1) is 14.8. The zero-order chi connectivity index (χ0) is 23.1. The molecule has 3 rings (SSSR count). The van der Waals surface area contributed by atoms with E-state index in [-0.39, 0.29) is 11.4 Å². The van der Waals surface area contributed by atoms with Gasteiger partial charge in [-0.25, -0.2) is 13.5 Å². The molecule has 0 aliphatic carbocycles. The zero-order valence-corrected chi connectivity index (χ0v) is 18.4. The van der Waals surface area contributed by atoms with E-state index in [1.54, 1.807) is 24.1 Å². The third-order valence-electron chi connectivity index (χ3n) is 4.63. The fraction of sp³-hybridized carbons (Fsp3) is 0.160. The van der Waals surface area contributed by atoms with E-state index in [0.29, 0.717) is 11.1 Å². The van der Waals surface area contributed by atoms with Gasteiger partial charge >= 0.3 is 0 Å². The molecule has 0 saturated heterocycles. The minimum atomic E-state index is -0.672. The second kappa shape index (κ2) is 10.4. The molecule has 6 heteroatoms. The first-order valence-electron chi connectivity index (χ1n) is 9.93. The molecule has 31 heavy (non-hydrogen) atoms. The van der Waals surface area contributed by atoms with Gasteiger partial charge in [0.05, 0.1) is 29.0 Å². The van der Waals surface area contributed by atoms with Crippen LogP contribution in [0.2, 0.25) is 0 Å². The largest absolute Gasteiger partial charge is 0.396 e. The lowest BCUT2D eigenvalue weighted by atomic mass is 10.00. The maximum atomic E-state index is 14.2. The number of nitrogens with two attached hydrogens (primary N) is 1. The van der Waals surface area contributed by atoms with E-state index in [1.165, 1.54) is 4.90 Å². The van der Waals surface area contributed by atoms with Crippen molar-refractivity contribution in [1.82, 2.24) is 9.78 Å². The van der Waals surface area contributed by atoms with Crippen molar-refractivity contribution in [3.63, 3.8) is 0 Å². The molecule has 0 spiro atoms. The Balaban J connectivity index is 0.00000166. The summed E-state index contributed by atoms with van der Waals surface area (Å²) in [6.07, 6.45) is 3.36. The monoisotopic (exact) mass is 422 g/mol. The highest BCUT2D eigenvalue weighted by atomic mass is 19.1. The van der Waals surface area contributed by atoms with Crippen LogP contribution in [0.1, 0.15) is 26.5 Å². The van der Waals surface area contributed by atoms with Gasteiger partial charge in [-0.1, -0.05) is 45.2 Å². The number of aromatic nitrogens is 2. The molecule has 0 atom stereocenters. The highest BCUT2D eigenvalue weighted by Gasteiger charge is 2.14. The van der Waals surface area contributed by atoms with Crippen molar-refractivity contribution in [1.29, 1.82) is 0 Å². The van der Waals surface area contributed by atoms with Crippen LogP contribution in [0, 0.1) is 11.6 Å². The normalized spacial score (nSPS) is 10.8. The van der Waals surface area contributed by atoms with Crippen LogP contribution in [0.15, 0.2) is 85.2 Å². The molecule has 162 valence electrons. The molecular formula is C25H28F2N4. The molecule has 2 N–H and O–H groups in total. The minimum Gasteiger partial charge on any atom is -0.396 e. The average Bonchev–Trinajstić information content (AvgIpc) is 3.27. The number of hydrogen-bond donors (Lipinski definition) is 1. The Morgan fingerprint density at radius 1 is 1.06 bits per heavy atom. The van der Waals surface area contributed by atoms with Crippen LogP contribution >= 0.6 is 0 Å². The Bertz CT molecular complexity index is 1100. The summed E-state index contributed by atoms with van der Waals surface area (Å²) < 4.78 is 29.7. The molecule has 0 fully saturated rings. The van der Waals surface area contributed by atoms with Crippen molar-refractivity contribution >= 4 is 16.9 Å². The molecule has 2 aromatic carbocycles. The van der Waals surface area contributed by atoms with Gasteiger partial charge in [-0.15, -0.1) is 0 Å².